The summed E-state index contributed by atoms with van der Waals surface area (Å²) in [6, 6.07) is -0.858. The Balaban J connectivity index is 3.99. The van der Waals surface area contributed by atoms with Crippen LogP contribution >= 0.6 is 0 Å². The van der Waals surface area contributed by atoms with E-state index in [9.17, 15) is 19.2 Å². The van der Waals surface area contributed by atoms with E-state index >= 15 is 0 Å². The molecule has 0 aliphatic carbocycles. The second-order valence-corrected chi connectivity index (χ2v) is 3.69. The normalized spacial score (nSPS) is 11.4. The van der Waals surface area contributed by atoms with Crippen molar-refractivity contribution in [1.29, 1.82) is 0 Å². The van der Waals surface area contributed by atoms with E-state index in [-0.39, 0.29) is 6.54 Å². The van der Waals surface area contributed by atoms with Gasteiger partial charge in [0.1, 0.15) is 0 Å². The molecule has 0 rings (SSSR count). The van der Waals surface area contributed by atoms with Crippen LogP contribution in [0.5, 0.6) is 0 Å². The first-order valence-corrected chi connectivity index (χ1v) is 5.51. The summed E-state index contributed by atoms with van der Waals surface area (Å²) in [6.07, 6.45) is 1.08. The van der Waals surface area contributed by atoms with Gasteiger partial charge in [0, 0.05) is 0 Å². The Morgan fingerprint density at radius 1 is 1.11 bits per heavy atom. The zero-order chi connectivity index (χ0) is 14.1. The molecule has 0 aromatic carbocycles. The molecule has 6 N–H and O–H groups in total. The molecule has 1 unspecified atom stereocenters. The summed E-state index contributed by atoms with van der Waals surface area (Å²) < 4.78 is 0. The number of amides is 3. The van der Waals surface area contributed by atoms with Crippen LogP contribution in [0, 0.1) is 0 Å². The minimum Gasteiger partial charge on any atom is -0.368 e. The third-order valence-electron chi connectivity index (χ3n) is 2.03. The van der Waals surface area contributed by atoms with E-state index in [4.69, 9.17) is 11.5 Å². The van der Waals surface area contributed by atoms with Gasteiger partial charge in [-0.15, -0.1) is 0 Å². The van der Waals surface area contributed by atoms with Gasteiger partial charge in [0.05, 0.1) is 19.1 Å². The minimum atomic E-state index is -0.912. The molecule has 0 aliphatic rings. The molecule has 0 aliphatic heterocycles. The van der Waals surface area contributed by atoms with Crippen LogP contribution in [0.4, 0.5) is 0 Å². The van der Waals surface area contributed by atoms with E-state index in [0.29, 0.717) is 12.8 Å². The summed E-state index contributed by atoms with van der Waals surface area (Å²) in [4.78, 5) is 44.1. The number of ketones is 1. The topological polar surface area (TPSA) is 144 Å². The molecule has 0 bridgehead atoms. The van der Waals surface area contributed by atoms with Gasteiger partial charge in [-0.25, -0.2) is 0 Å². The zero-order valence-electron chi connectivity index (χ0n) is 10.2. The Labute approximate surface area is 104 Å². The number of nitrogens with two attached hydrogens (primary N) is 2. The van der Waals surface area contributed by atoms with Gasteiger partial charge >= 0.3 is 0 Å². The molecule has 18 heavy (non-hydrogen) atoms. The summed E-state index contributed by atoms with van der Waals surface area (Å²) in [5, 5.41) is 4.27. The van der Waals surface area contributed by atoms with Crippen molar-refractivity contribution in [2.24, 2.45) is 11.5 Å². The van der Waals surface area contributed by atoms with Crippen molar-refractivity contribution in [3.8, 4) is 0 Å². The number of hydrogen-bond donors (Lipinski definition) is 4. The van der Waals surface area contributed by atoms with Crippen LogP contribution in [0.2, 0.25) is 0 Å². The highest BCUT2D eigenvalue weighted by atomic mass is 16.2. The Morgan fingerprint density at radius 3 is 2.22 bits per heavy atom. The molecular weight excluding hydrogens is 240 g/mol. The van der Waals surface area contributed by atoms with Crippen molar-refractivity contribution < 1.29 is 19.2 Å². The molecule has 0 aromatic heterocycles. The van der Waals surface area contributed by atoms with Crippen LogP contribution in [0.15, 0.2) is 0 Å². The Morgan fingerprint density at radius 2 is 1.72 bits per heavy atom. The molecule has 0 radical (unpaired) electrons. The van der Waals surface area contributed by atoms with Gasteiger partial charge in [-0.3, -0.25) is 19.2 Å². The first kappa shape index (κ1) is 16.0. The number of nitrogens with one attached hydrogen (secondary N) is 2. The van der Waals surface area contributed by atoms with E-state index in [0.717, 1.165) is 0 Å². The second kappa shape index (κ2) is 8.18. The molecule has 8 heteroatoms. The van der Waals surface area contributed by atoms with Crippen LogP contribution in [0.25, 0.3) is 0 Å². The lowest BCUT2D eigenvalue weighted by Gasteiger charge is -2.09. The molecule has 0 heterocycles. The standard InChI is InChI=1S/C10H18N4O4/c1-2-3-6(11)9(17)10(18)14-5-8(16)13-4-7(12)15/h6H,2-5,11H2,1H3,(H2,12,15)(H,13,16)(H,14,18). The second-order valence-electron chi connectivity index (χ2n) is 3.69. The number of hydrogen-bond acceptors (Lipinski definition) is 5. The Kier molecular flexibility index (Phi) is 7.29. The van der Waals surface area contributed by atoms with Gasteiger partial charge in [0.25, 0.3) is 5.91 Å². The fourth-order valence-electron chi connectivity index (χ4n) is 1.11. The van der Waals surface area contributed by atoms with Gasteiger partial charge in [-0.05, 0) is 6.42 Å². The van der Waals surface area contributed by atoms with Gasteiger partial charge < -0.3 is 22.1 Å². The minimum absolute atomic E-state index is 0.321. The van der Waals surface area contributed by atoms with Crippen LogP contribution < -0.4 is 22.1 Å². The monoisotopic (exact) mass is 258 g/mol. The Bertz CT molecular complexity index is 343. The lowest BCUT2D eigenvalue weighted by atomic mass is 10.1. The van der Waals surface area contributed by atoms with Crippen molar-refractivity contribution in [2.45, 2.75) is 25.8 Å². The first-order valence-electron chi connectivity index (χ1n) is 5.51. The largest absolute Gasteiger partial charge is 0.368 e. The van der Waals surface area contributed by atoms with Crippen LogP contribution in [-0.4, -0.2) is 42.6 Å². The highest BCUT2D eigenvalue weighted by molar-refractivity contribution is 6.38. The van der Waals surface area contributed by atoms with Gasteiger partial charge in [0.15, 0.2) is 0 Å². The van der Waals surface area contributed by atoms with Crippen molar-refractivity contribution in [1.82, 2.24) is 10.6 Å². The highest BCUT2D eigenvalue weighted by Crippen LogP contribution is 1.94. The third kappa shape index (κ3) is 6.59. The summed E-state index contributed by atoms with van der Waals surface area (Å²) in [5.74, 6) is -2.99. The highest BCUT2D eigenvalue weighted by Gasteiger charge is 2.21. The van der Waals surface area contributed by atoms with E-state index in [1.807, 2.05) is 6.92 Å². The molecule has 0 saturated carbocycles. The van der Waals surface area contributed by atoms with Crippen LogP contribution in [0.1, 0.15) is 19.8 Å². The zero-order valence-corrected chi connectivity index (χ0v) is 10.2. The number of carbonyl (C=O) groups is 4. The number of primary amides is 1. The predicted molar refractivity (Wildman–Crippen MR) is 63.1 cm³/mol. The smallest absolute Gasteiger partial charge is 0.289 e. The molecule has 1 atom stereocenters. The Hall–Kier alpha value is -1.96. The van der Waals surface area contributed by atoms with Crippen molar-refractivity contribution in [3.05, 3.63) is 0 Å². The van der Waals surface area contributed by atoms with E-state index in [2.05, 4.69) is 10.6 Å². The average Bonchev–Trinajstić information content (AvgIpc) is 2.32. The lowest BCUT2D eigenvalue weighted by Crippen LogP contribution is -2.46. The van der Waals surface area contributed by atoms with E-state index in [1.165, 1.54) is 0 Å². The maximum atomic E-state index is 11.4. The molecule has 0 fully saturated rings. The molecule has 0 saturated heterocycles. The van der Waals surface area contributed by atoms with Crippen molar-refractivity contribution in [2.75, 3.05) is 13.1 Å². The maximum Gasteiger partial charge on any atom is 0.289 e. The SMILES string of the molecule is CCCC(N)C(=O)C(=O)NCC(=O)NCC(N)=O. The summed E-state index contributed by atoms with van der Waals surface area (Å²) in [7, 11) is 0. The predicted octanol–water partition coefficient (Wildman–Crippen LogP) is -2.60. The van der Waals surface area contributed by atoms with E-state index < -0.39 is 36.1 Å². The third-order valence-corrected chi connectivity index (χ3v) is 2.03. The summed E-state index contributed by atoms with van der Waals surface area (Å²) in [5.41, 5.74) is 10.3. The lowest BCUT2D eigenvalue weighted by molar-refractivity contribution is -0.139. The van der Waals surface area contributed by atoms with E-state index in [1.54, 1.807) is 0 Å². The van der Waals surface area contributed by atoms with Gasteiger partial charge in [-0.2, -0.15) is 0 Å². The fourth-order valence-corrected chi connectivity index (χ4v) is 1.11. The van der Waals surface area contributed by atoms with Crippen LogP contribution in [0.3, 0.4) is 0 Å². The fraction of sp³-hybridized carbons (Fsp3) is 0.600. The summed E-state index contributed by atoms with van der Waals surface area (Å²) >= 11 is 0. The quantitative estimate of drug-likeness (QED) is 0.353. The number of Topliss-reactive ketones (excluding diaryl/α,β-unsaturated/α-hetero) is 1. The average molecular weight is 258 g/mol. The summed E-state index contributed by atoms with van der Waals surface area (Å²) in [6.45, 7) is 1.11. The number of rotatable bonds is 8. The molecular formula is C10H18N4O4. The molecule has 3 amide bonds. The molecule has 0 aromatic rings. The van der Waals surface area contributed by atoms with Crippen LogP contribution in [-0.2, 0) is 19.2 Å². The van der Waals surface area contributed by atoms with Gasteiger partial charge in [0.2, 0.25) is 17.6 Å². The first-order chi connectivity index (χ1) is 8.38. The van der Waals surface area contributed by atoms with Crippen molar-refractivity contribution >= 4 is 23.5 Å². The molecule has 8 nitrogen and oxygen atoms in total. The maximum absolute atomic E-state index is 11.4. The number of carbonyl (C=O) groups excluding carboxylic acids is 4. The van der Waals surface area contributed by atoms with Gasteiger partial charge in [-0.1, -0.05) is 13.3 Å². The van der Waals surface area contributed by atoms with Crippen molar-refractivity contribution in [3.63, 3.8) is 0 Å². The molecule has 102 valence electrons. The molecule has 0 spiro atoms.